The zero-order chi connectivity index (χ0) is 17.6. The van der Waals surface area contributed by atoms with E-state index in [-0.39, 0.29) is 24.4 Å². The third kappa shape index (κ3) is 5.11. The predicted molar refractivity (Wildman–Crippen MR) is 107 cm³/mol. The van der Waals surface area contributed by atoms with Crippen LogP contribution < -0.4 is 11.1 Å². The van der Waals surface area contributed by atoms with Crippen LogP contribution in [0.25, 0.3) is 0 Å². The number of nitrogens with one attached hydrogen (secondary N) is 1. The van der Waals surface area contributed by atoms with Crippen molar-refractivity contribution >= 4 is 35.6 Å². The van der Waals surface area contributed by atoms with Crippen LogP contribution in [0, 0.1) is 0 Å². The number of halogens is 2. The van der Waals surface area contributed by atoms with Crippen molar-refractivity contribution in [2.24, 2.45) is 0 Å². The highest BCUT2D eigenvalue weighted by Crippen LogP contribution is 2.27. The second-order valence-corrected chi connectivity index (χ2v) is 6.42. The fourth-order valence-corrected chi connectivity index (χ4v) is 3.26. The summed E-state index contributed by atoms with van der Waals surface area (Å²) >= 11 is 6.40. The molecule has 0 spiro atoms. The highest BCUT2D eigenvalue weighted by Gasteiger charge is 2.25. The Kier molecular flexibility index (Phi) is 7.72. The molecular weight excluding hydrogens is 373 g/mol. The first kappa shape index (κ1) is 20.5. The molecule has 1 amide bonds. The molecule has 0 radical (unpaired) electrons. The van der Waals surface area contributed by atoms with Gasteiger partial charge in [-0.05, 0) is 35.9 Å². The van der Waals surface area contributed by atoms with Gasteiger partial charge in [-0.25, -0.2) is 0 Å². The van der Waals surface area contributed by atoms with E-state index in [1.165, 1.54) is 0 Å². The number of hydrogen-bond acceptors (Lipinski definition) is 4. The molecule has 0 aliphatic carbocycles. The standard InChI is InChI=1S/C19H22ClN3O2.ClH/c20-17-4-2-1-3-16(17)18(23-9-11-25-12-10-23)13-22-19(24)14-5-7-15(21)8-6-14;/h1-8,18H,9-13,21H2,(H,22,24);1H. The number of ether oxygens (including phenoxy) is 1. The Morgan fingerprint density at radius 2 is 1.81 bits per heavy atom. The number of nitrogen functional groups attached to an aromatic ring is 1. The summed E-state index contributed by atoms with van der Waals surface area (Å²) in [5, 5.41) is 3.73. The Morgan fingerprint density at radius 3 is 2.46 bits per heavy atom. The normalized spacial score (nSPS) is 15.7. The van der Waals surface area contributed by atoms with Crippen molar-refractivity contribution in [3.63, 3.8) is 0 Å². The first-order chi connectivity index (χ1) is 12.1. The van der Waals surface area contributed by atoms with Crippen molar-refractivity contribution in [3.05, 3.63) is 64.7 Å². The SMILES string of the molecule is Cl.Nc1ccc(C(=O)NCC(c2ccccc2Cl)N2CCOCC2)cc1. The van der Waals surface area contributed by atoms with Gasteiger partial charge in [0, 0.05) is 35.9 Å². The maximum Gasteiger partial charge on any atom is 0.251 e. The number of anilines is 1. The second-order valence-electron chi connectivity index (χ2n) is 6.02. The van der Waals surface area contributed by atoms with E-state index in [4.69, 9.17) is 22.1 Å². The molecule has 3 rings (SSSR count). The molecule has 1 fully saturated rings. The number of nitrogens with two attached hydrogens (primary N) is 1. The van der Waals surface area contributed by atoms with E-state index >= 15 is 0 Å². The largest absolute Gasteiger partial charge is 0.399 e. The van der Waals surface area contributed by atoms with Crippen molar-refractivity contribution in [1.82, 2.24) is 10.2 Å². The first-order valence-corrected chi connectivity index (χ1v) is 8.73. The Morgan fingerprint density at radius 1 is 1.15 bits per heavy atom. The van der Waals surface area contributed by atoms with Crippen LogP contribution >= 0.6 is 24.0 Å². The monoisotopic (exact) mass is 395 g/mol. The highest BCUT2D eigenvalue weighted by molar-refractivity contribution is 6.31. The molecule has 1 unspecified atom stereocenters. The lowest BCUT2D eigenvalue weighted by atomic mass is 10.0. The molecule has 140 valence electrons. The van der Waals surface area contributed by atoms with E-state index in [2.05, 4.69) is 10.2 Å². The molecule has 0 bridgehead atoms. The molecule has 7 heteroatoms. The molecule has 0 aromatic heterocycles. The van der Waals surface area contributed by atoms with Gasteiger partial charge in [0.2, 0.25) is 0 Å². The van der Waals surface area contributed by atoms with Gasteiger partial charge in [0.1, 0.15) is 0 Å². The molecule has 1 atom stereocenters. The first-order valence-electron chi connectivity index (χ1n) is 8.35. The third-order valence-electron chi connectivity index (χ3n) is 4.38. The van der Waals surface area contributed by atoms with Gasteiger partial charge in [-0.15, -0.1) is 12.4 Å². The molecular formula is C19H23Cl2N3O2. The van der Waals surface area contributed by atoms with Gasteiger partial charge in [-0.2, -0.15) is 0 Å². The van der Waals surface area contributed by atoms with E-state index in [9.17, 15) is 4.79 Å². The molecule has 0 saturated carbocycles. The van der Waals surface area contributed by atoms with Crippen LogP contribution in [-0.2, 0) is 4.74 Å². The summed E-state index contributed by atoms with van der Waals surface area (Å²) < 4.78 is 5.45. The Hall–Kier alpha value is -1.79. The summed E-state index contributed by atoms with van der Waals surface area (Å²) in [6.45, 7) is 3.48. The van der Waals surface area contributed by atoms with E-state index in [1.807, 2.05) is 24.3 Å². The van der Waals surface area contributed by atoms with E-state index in [0.717, 1.165) is 18.7 Å². The lowest BCUT2D eigenvalue weighted by Gasteiger charge is -2.35. The van der Waals surface area contributed by atoms with Crippen LogP contribution in [0.15, 0.2) is 48.5 Å². The zero-order valence-electron chi connectivity index (χ0n) is 14.4. The van der Waals surface area contributed by atoms with Crippen LogP contribution in [0.3, 0.4) is 0 Å². The van der Waals surface area contributed by atoms with Crippen LogP contribution in [-0.4, -0.2) is 43.7 Å². The average molecular weight is 396 g/mol. The predicted octanol–water partition coefficient (Wildman–Crippen LogP) is 3.15. The summed E-state index contributed by atoms with van der Waals surface area (Å²) in [5.74, 6) is -0.120. The van der Waals surface area contributed by atoms with Crippen molar-refractivity contribution in [1.29, 1.82) is 0 Å². The van der Waals surface area contributed by atoms with E-state index < -0.39 is 0 Å². The number of hydrogen-bond donors (Lipinski definition) is 2. The highest BCUT2D eigenvalue weighted by atomic mass is 35.5. The summed E-state index contributed by atoms with van der Waals surface area (Å²) in [6.07, 6.45) is 0. The minimum absolute atomic E-state index is 0. The topological polar surface area (TPSA) is 67.6 Å². The Bertz CT molecular complexity index is 719. The minimum atomic E-state index is -0.120. The van der Waals surface area contributed by atoms with Gasteiger partial charge in [0.25, 0.3) is 5.91 Å². The fraction of sp³-hybridized carbons (Fsp3) is 0.316. The molecule has 2 aromatic carbocycles. The van der Waals surface area contributed by atoms with Crippen molar-refractivity contribution in [2.75, 3.05) is 38.6 Å². The number of nitrogens with zero attached hydrogens (tertiary/aromatic N) is 1. The number of carbonyl (C=O) groups is 1. The summed E-state index contributed by atoms with van der Waals surface area (Å²) in [4.78, 5) is 14.7. The van der Waals surface area contributed by atoms with Gasteiger partial charge in [-0.3, -0.25) is 9.69 Å². The van der Waals surface area contributed by atoms with E-state index in [1.54, 1.807) is 24.3 Å². The number of rotatable bonds is 5. The molecule has 1 heterocycles. The molecule has 1 aliphatic heterocycles. The maximum absolute atomic E-state index is 12.4. The zero-order valence-corrected chi connectivity index (χ0v) is 15.9. The number of amides is 1. The Balaban J connectivity index is 0.00000243. The van der Waals surface area contributed by atoms with Gasteiger partial charge in [-0.1, -0.05) is 29.8 Å². The number of carbonyl (C=O) groups excluding carboxylic acids is 1. The molecule has 5 nitrogen and oxygen atoms in total. The molecule has 26 heavy (non-hydrogen) atoms. The van der Waals surface area contributed by atoms with Gasteiger partial charge in [0.05, 0.1) is 19.3 Å². The van der Waals surface area contributed by atoms with Crippen LogP contribution in [0.5, 0.6) is 0 Å². The van der Waals surface area contributed by atoms with Gasteiger partial charge in [0.15, 0.2) is 0 Å². The van der Waals surface area contributed by atoms with Crippen molar-refractivity contribution in [3.8, 4) is 0 Å². The molecule has 3 N–H and O–H groups in total. The molecule has 1 saturated heterocycles. The Labute approximate surface area is 164 Å². The third-order valence-corrected chi connectivity index (χ3v) is 4.72. The smallest absolute Gasteiger partial charge is 0.251 e. The summed E-state index contributed by atoms with van der Waals surface area (Å²) in [5.41, 5.74) is 7.92. The van der Waals surface area contributed by atoms with Crippen molar-refractivity contribution in [2.45, 2.75) is 6.04 Å². The fourth-order valence-electron chi connectivity index (χ4n) is 3.00. The number of morpholine rings is 1. The minimum Gasteiger partial charge on any atom is -0.399 e. The van der Waals surface area contributed by atoms with Crippen LogP contribution in [0.4, 0.5) is 5.69 Å². The van der Waals surface area contributed by atoms with Crippen molar-refractivity contribution < 1.29 is 9.53 Å². The van der Waals surface area contributed by atoms with Crippen LogP contribution in [0.1, 0.15) is 22.0 Å². The summed E-state index contributed by atoms with van der Waals surface area (Å²) in [6, 6.07) is 14.7. The number of benzene rings is 2. The molecule has 1 aliphatic rings. The summed E-state index contributed by atoms with van der Waals surface area (Å²) in [7, 11) is 0. The van der Waals surface area contributed by atoms with E-state index in [0.29, 0.717) is 36.0 Å². The second kappa shape index (κ2) is 9.78. The van der Waals surface area contributed by atoms with Gasteiger partial charge < -0.3 is 15.8 Å². The van der Waals surface area contributed by atoms with Crippen LogP contribution in [0.2, 0.25) is 5.02 Å². The molecule has 2 aromatic rings. The lowest BCUT2D eigenvalue weighted by Crippen LogP contribution is -2.44. The quantitative estimate of drug-likeness (QED) is 0.762. The maximum atomic E-state index is 12.4. The van der Waals surface area contributed by atoms with Gasteiger partial charge >= 0.3 is 0 Å². The average Bonchev–Trinajstić information content (AvgIpc) is 2.64. The lowest BCUT2D eigenvalue weighted by molar-refractivity contribution is 0.0162.